The fourth-order valence-electron chi connectivity index (χ4n) is 2.12. The van der Waals surface area contributed by atoms with Gasteiger partial charge in [0.1, 0.15) is 5.75 Å². The number of nitrogens with one attached hydrogen (secondary N) is 1. The van der Waals surface area contributed by atoms with E-state index in [0.29, 0.717) is 11.4 Å². The van der Waals surface area contributed by atoms with E-state index in [4.69, 9.17) is 9.47 Å². The lowest BCUT2D eigenvalue weighted by atomic mass is 10.1. The summed E-state index contributed by atoms with van der Waals surface area (Å²) in [6.07, 6.45) is 0. The number of methoxy groups -OCH3 is 2. The van der Waals surface area contributed by atoms with Crippen LogP contribution in [0.2, 0.25) is 0 Å². The lowest BCUT2D eigenvalue weighted by molar-refractivity contribution is -0.0512. The van der Waals surface area contributed by atoms with Crippen LogP contribution in [0.4, 0.5) is 14.5 Å². The standard InChI is InChI=1S/C17H17F2NO4/c1-10-4-6-13(22-2)12(8-10)20-16(21)11-5-7-14(24-17(18)19)15(9-11)23-3/h4-9,17H,1-3H3,(H,20,21). The summed E-state index contributed by atoms with van der Waals surface area (Å²) in [4.78, 5) is 12.4. The molecule has 0 fully saturated rings. The Labute approximate surface area is 138 Å². The number of rotatable bonds is 6. The van der Waals surface area contributed by atoms with Crippen molar-refractivity contribution in [2.24, 2.45) is 0 Å². The Kier molecular flexibility index (Phi) is 5.57. The van der Waals surface area contributed by atoms with Gasteiger partial charge in [0.05, 0.1) is 19.9 Å². The minimum absolute atomic E-state index is 0.0409. The zero-order valence-electron chi connectivity index (χ0n) is 13.4. The van der Waals surface area contributed by atoms with Crippen LogP contribution in [0.3, 0.4) is 0 Å². The molecule has 0 atom stereocenters. The number of aryl methyl sites for hydroxylation is 1. The van der Waals surface area contributed by atoms with Crippen molar-refractivity contribution in [2.75, 3.05) is 19.5 Å². The SMILES string of the molecule is COc1ccc(C)cc1NC(=O)c1ccc(OC(F)F)c(OC)c1. The molecule has 0 spiro atoms. The van der Waals surface area contributed by atoms with Crippen LogP contribution in [0, 0.1) is 6.92 Å². The largest absolute Gasteiger partial charge is 0.495 e. The molecule has 24 heavy (non-hydrogen) atoms. The van der Waals surface area contributed by atoms with Crippen molar-refractivity contribution < 1.29 is 27.8 Å². The Bertz CT molecular complexity index is 735. The third-order valence-corrected chi connectivity index (χ3v) is 3.25. The Morgan fingerprint density at radius 3 is 2.29 bits per heavy atom. The molecule has 0 aliphatic rings. The van der Waals surface area contributed by atoms with E-state index < -0.39 is 12.5 Å². The Balaban J connectivity index is 2.25. The molecule has 0 unspecified atom stereocenters. The molecule has 128 valence electrons. The first-order valence-corrected chi connectivity index (χ1v) is 7.03. The van der Waals surface area contributed by atoms with Gasteiger partial charge in [-0.25, -0.2) is 0 Å². The van der Waals surface area contributed by atoms with Crippen molar-refractivity contribution in [2.45, 2.75) is 13.5 Å². The summed E-state index contributed by atoms with van der Waals surface area (Å²) in [5.74, 6) is -0.0179. The van der Waals surface area contributed by atoms with Gasteiger partial charge in [-0.3, -0.25) is 4.79 Å². The lowest BCUT2D eigenvalue weighted by Gasteiger charge is -2.13. The summed E-state index contributed by atoms with van der Waals surface area (Å²) in [6, 6.07) is 9.32. The zero-order valence-corrected chi connectivity index (χ0v) is 13.4. The average molecular weight is 337 g/mol. The molecule has 0 bridgehead atoms. The van der Waals surface area contributed by atoms with Crippen molar-refractivity contribution in [1.29, 1.82) is 0 Å². The second-order valence-electron chi connectivity index (χ2n) is 4.90. The van der Waals surface area contributed by atoms with Gasteiger partial charge < -0.3 is 19.5 Å². The van der Waals surface area contributed by atoms with Crippen LogP contribution >= 0.6 is 0 Å². The molecule has 0 saturated carbocycles. The molecule has 0 aliphatic carbocycles. The lowest BCUT2D eigenvalue weighted by Crippen LogP contribution is -2.13. The molecule has 2 aromatic rings. The predicted molar refractivity (Wildman–Crippen MR) is 85.3 cm³/mol. The van der Waals surface area contributed by atoms with Crippen molar-refractivity contribution in [3.05, 3.63) is 47.5 Å². The van der Waals surface area contributed by atoms with Gasteiger partial charge in [-0.05, 0) is 42.8 Å². The number of amides is 1. The third-order valence-electron chi connectivity index (χ3n) is 3.25. The Morgan fingerprint density at radius 2 is 1.67 bits per heavy atom. The molecule has 0 saturated heterocycles. The van der Waals surface area contributed by atoms with E-state index in [9.17, 15) is 13.6 Å². The summed E-state index contributed by atoms with van der Waals surface area (Å²) in [5.41, 5.74) is 1.69. The summed E-state index contributed by atoms with van der Waals surface area (Å²) < 4.78 is 39.2. The van der Waals surface area contributed by atoms with E-state index in [-0.39, 0.29) is 17.1 Å². The van der Waals surface area contributed by atoms with Crippen LogP contribution in [-0.4, -0.2) is 26.7 Å². The van der Waals surface area contributed by atoms with Crippen molar-refractivity contribution in [3.8, 4) is 17.2 Å². The minimum atomic E-state index is -2.98. The smallest absolute Gasteiger partial charge is 0.387 e. The second-order valence-corrected chi connectivity index (χ2v) is 4.90. The van der Waals surface area contributed by atoms with Crippen LogP contribution < -0.4 is 19.5 Å². The highest BCUT2D eigenvalue weighted by atomic mass is 19.3. The fourth-order valence-corrected chi connectivity index (χ4v) is 2.12. The summed E-state index contributed by atoms with van der Waals surface area (Å²) >= 11 is 0. The van der Waals surface area contributed by atoms with Crippen LogP contribution in [-0.2, 0) is 0 Å². The summed E-state index contributed by atoms with van der Waals surface area (Å²) in [6.45, 7) is -1.09. The van der Waals surface area contributed by atoms with Gasteiger partial charge in [0.15, 0.2) is 11.5 Å². The summed E-state index contributed by atoms with van der Waals surface area (Å²) in [5, 5.41) is 2.72. The second kappa shape index (κ2) is 7.63. The van der Waals surface area contributed by atoms with E-state index in [0.717, 1.165) is 5.56 Å². The number of carbonyl (C=O) groups excluding carboxylic acids is 1. The molecular formula is C17H17F2NO4. The number of benzene rings is 2. The van der Waals surface area contributed by atoms with Crippen LogP contribution in [0.25, 0.3) is 0 Å². The highest BCUT2D eigenvalue weighted by Gasteiger charge is 2.15. The zero-order chi connectivity index (χ0) is 17.7. The monoisotopic (exact) mass is 337 g/mol. The van der Waals surface area contributed by atoms with Crippen LogP contribution in [0.15, 0.2) is 36.4 Å². The fraction of sp³-hybridized carbons (Fsp3) is 0.235. The predicted octanol–water partition coefficient (Wildman–Crippen LogP) is 3.87. The van der Waals surface area contributed by atoms with Gasteiger partial charge in [-0.1, -0.05) is 6.07 Å². The van der Waals surface area contributed by atoms with E-state index in [1.54, 1.807) is 12.1 Å². The van der Waals surface area contributed by atoms with Gasteiger partial charge in [0.25, 0.3) is 5.91 Å². The Morgan fingerprint density at radius 1 is 1.00 bits per heavy atom. The molecule has 0 heterocycles. The van der Waals surface area contributed by atoms with Gasteiger partial charge in [-0.15, -0.1) is 0 Å². The topological polar surface area (TPSA) is 56.8 Å². The highest BCUT2D eigenvalue weighted by Crippen LogP contribution is 2.30. The highest BCUT2D eigenvalue weighted by molar-refractivity contribution is 6.05. The number of halogens is 2. The van der Waals surface area contributed by atoms with Gasteiger partial charge in [-0.2, -0.15) is 8.78 Å². The molecule has 2 rings (SSSR count). The first-order valence-electron chi connectivity index (χ1n) is 7.03. The normalized spacial score (nSPS) is 10.4. The molecule has 5 nitrogen and oxygen atoms in total. The minimum Gasteiger partial charge on any atom is -0.495 e. The molecular weight excluding hydrogens is 320 g/mol. The Hall–Kier alpha value is -2.83. The first-order chi connectivity index (χ1) is 11.4. The first kappa shape index (κ1) is 17.5. The van der Waals surface area contributed by atoms with E-state index in [1.807, 2.05) is 13.0 Å². The third kappa shape index (κ3) is 4.13. The van der Waals surface area contributed by atoms with E-state index in [2.05, 4.69) is 10.1 Å². The maximum Gasteiger partial charge on any atom is 0.387 e. The molecule has 7 heteroatoms. The number of anilines is 1. The number of hydrogen-bond acceptors (Lipinski definition) is 4. The van der Waals surface area contributed by atoms with Gasteiger partial charge >= 0.3 is 6.61 Å². The molecule has 0 radical (unpaired) electrons. The van der Waals surface area contributed by atoms with Crippen LogP contribution in [0.1, 0.15) is 15.9 Å². The molecule has 0 aliphatic heterocycles. The van der Waals surface area contributed by atoms with Crippen molar-refractivity contribution in [1.82, 2.24) is 0 Å². The van der Waals surface area contributed by atoms with E-state index in [1.165, 1.54) is 32.4 Å². The number of hydrogen-bond donors (Lipinski definition) is 1. The molecule has 1 N–H and O–H groups in total. The number of ether oxygens (including phenoxy) is 3. The molecule has 0 aromatic heterocycles. The molecule has 1 amide bonds. The average Bonchev–Trinajstić information content (AvgIpc) is 2.54. The van der Waals surface area contributed by atoms with Gasteiger partial charge in [0.2, 0.25) is 0 Å². The van der Waals surface area contributed by atoms with Crippen LogP contribution in [0.5, 0.6) is 17.2 Å². The summed E-state index contributed by atoms with van der Waals surface area (Å²) in [7, 11) is 2.80. The maximum atomic E-state index is 12.4. The number of carbonyl (C=O) groups is 1. The quantitative estimate of drug-likeness (QED) is 0.869. The number of alkyl halides is 2. The maximum absolute atomic E-state index is 12.4. The van der Waals surface area contributed by atoms with Gasteiger partial charge in [0, 0.05) is 5.56 Å². The molecule has 2 aromatic carbocycles. The van der Waals surface area contributed by atoms with E-state index >= 15 is 0 Å². The van der Waals surface area contributed by atoms with Crippen molar-refractivity contribution >= 4 is 11.6 Å². The van der Waals surface area contributed by atoms with Crippen molar-refractivity contribution in [3.63, 3.8) is 0 Å².